The number of hydrogen-bond donors (Lipinski definition) is 2. The summed E-state index contributed by atoms with van der Waals surface area (Å²) in [6, 6.07) is 13.5. The van der Waals surface area contributed by atoms with E-state index in [0.29, 0.717) is 23.3 Å². The van der Waals surface area contributed by atoms with E-state index in [4.69, 9.17) is 0 Å². The summed E-state index contributed by atoms with van der Waals surface area (Å²) in [6.45, 7) is 0.0963. The van der Waals surface area contributed by atoms with Gasteiger partial charge in [0.05, 0.1) is 28.8 Å². The number of nitro benzene ring substituents is 1. The number of rotatable bonds is 7. The highest BCUT2D eigenvalue weighted by atomic mass is 16.6. The fourth-order valence-electron chi connectivity index (χ4n) is 4.61. The molecular weight excluding hydrogens is 450 g/mol. The third-order valence-corrected chi connectivity index (χ3v) is 6.68. The molecule has 1 fully saturated rings. The highest BCUT2D eigenvalue weighted by Crippen LogP contribution is 2.37. The number of nitrogens with one attached hydrogen (secondary N) is 2. The maximum absolute atomic E-state index is 13.8. The molecule has 3 aliphatic rings. The van der Waals surface area contributed by atoms with E-state index in [1.807, 2.05) is 30.3 Å². The van der Waals surface area contributed by atoms with Crippen LogP contribution in [0.4, 0.5) is 10.5 Å². The first kappa shape index (κ1) is 22.6. The van der Waals surface area contributed by atoms with E-state index >= 15 is 0 Å². The van der Waals surface area contributed by atoms with E-state index in [1.54, 1.807) is 13.1 Å². The van der Waals surface area contributed by atoms with Gasteiger partial charge in [-0.05, 0) is 24.0 Å². The molecule has 0 aromatic heterocycles. The standard InChI is InChI=1S/C25H25N5O5/c1-28-20-14-29(19(23(31)26-17-10-11-17)12-15-6-3-2-4-7-15)24(32)21(20)22(27-25(28)33)16-8-5-9-18(13-16)30(34)35/h2-9,13,17,19,22H,10-12,14H2,1H3,(H,26,31)(H,27,33). The molecule has 0 bridgehead atoms. The van der Waals surface area contributed by atoms with Crippen molar-refractivity contribution in [1.29, 1.82) is 0 Å². The minimum Gasteiger partial charge on any atom is -0.352 e. The topological polar surface area (TPSA) is 125 Å². The molecule has 2 aromatic carbocycles. The largest absolute Gasteiger partial charge is 0.352 e. The number of urea groups is 1. The van der Waals surface area contributed by atoms with Gasteiger partial charge in [-0.2, -0.15) is 0 Å². The summed E-state index contributed by atoms with van der Waals surface area (Å²) in [5.74, 6) is -0.589. The molecule has 4 amide bonds. The SMILES string of the molecule is CN1C(=O)NC(c2cccc([N+](=O)[O-])c2)C2=C1CN(C(Cc1ccccc1)C(=O)NC1CC1)C2=O. The van der Waals surface area contributed by atoms with Gasteiger partial charge in [0.25, 0.3) is 11.6 Å². The number of benzene rings is 2. The van der Waals surface area contributed by atoms with Gasteiger partial charge in [-0.15, -0.1) is 0 Å². The van der Waals surface area contributed by atoms with Crippen LogP contribution in [-0.2, 0) is 16.0 Å². The van der Waals surface area contributed by atoms with E-state index in [1.165, 1.54) is 28.0 Å². The van der Waals surface area contributed by atoms with Gasteiger partial charge < -0.3 is 15.5 Å². The van der Waals surface area contributed by atoms with Crippen molar-refractivity contribution in [3.8, 4) is 0 Å². The molecule has 2 unspecified atom stereocenters. The van der Waals surface area contributed by atoms with Gasteiger partial charge in [0, 0.05) is 31.6 Å². The average Bonchev–Trinajstić information content (AvgIpc) is 3.61. The molecule has 2 aliphatic heterocycles. The van der Waals surface area contributed by atoms with Crippen molar-refractivity contribution in [3.63, 3.8) is 0 Å². The number of hydrogen-bond acceptors (Lipinski definition) is 5. The Labute approximate surface area is 201 Å². The highest BCUT2D eigenvalue weighted by Gasteiger charge is 2.46. The zero-order valence-electron chi connectivity index (χ0n) is 19.1. The van der Waals surface area contributed by atoms with Crippen LogP contribution in [-0.4, -0.2) is 58.2 Å². The van der Waals surface area contributed by atoms with Crippen molar-refractivity contribution >= 4 is 23.5 Å². The summed E-state index contributed by atoms with van der Waals surface area (Å²) >= 11 is 0. The van der Waals surface area contributed by atoms with Gasteiger partial charge in [-0.25, -0.2) is 4.79 Å². The number of likely N-dealkylation sites (N-methyl/N-ethyl adjacent to an activating group) is 1. The van der Waals surface area contributed by atoms with Crippen molar-refractivity contribution in [2.45, 2.75) is 37.4 Å². The van der Waals surface area contributed by atoms with E-state index in [0.717, 1.165) is 18.4 Å². The highest BCUT2D eigenvalue weighted by molar-refractivity contribution is 6.03. The first-order valence-electron chi connectivity index (χ1n) is 11.5. The summed E-state index contributed by atoms with van der Waals surface area (Å²) in [4.78, 5) is 53.5. The first-order valence-corrected chi connectivity index (χ1v) is 11.5. The second-order valence-electron chi connectivity index (χ2n) is 9.08. The normalized spacial score (nSPS) is 20.4. The monoisotopic (exact) mass is 475 g/mol. The zero-order chi connectivity index (χ0) is 24.7. The van der Waals surface area contributed by atoms with Crippen LogP contribution in [0.25, 0.3) is 0 Å². The molecule has 0 saturated heterocycles. The van der Waals surface area contributed by atoms with Crippen LogP contribution in [0.1, 0.15) is 30.0 Å². The fourth-order valence-corrected chi connectivity index (χ4v) is 4.61. The maximum Gasteiger partial charge on any atom is 0.322 e. The molecule has 5 rings (SSSR count). The van der Waals surface area contributed by atoms with Gasteiger partial charge in [0.2, 0.25) is 5.91 Å². The smallest absolute Gasteiger partial charge is 0.322 e. The van der Waals surface area contributed by atoms with Crippen LogP contribution in [0.3, 0.4) is 0 Å². The maximum atomic E-state index is 13.8. The van der Waals surface area contributed by atoms with E-state index in [9.17, 15) is 24.5 Å². The van der Waals surface area contributed by atoms with E-state index in [-0.39, 0.29) is 30.1 Å². The molecule has 1 saturated carbocycles. The Morgan fingerprint density at radius 1 is 1.17 bits per heavy atom. The lowest BCUT2D eigenvalue weighted by Crippen LogP contribution is -2.50. The van der Waals surface area contributed by atoms with Crippen LogP contribution in [0.2, 0.25) is 0 Å². The third kappa shape index (κ3) is 4.34. The summed E-state index contributed by atoms with van der Waals surface area (Å²) in [5, 5.41) is 17.1. The van der Waals surface area contributed by atoms with Crippen LogP contribution in [0, 0.1) is 10.1 Å². The Morgan fingerprint density at radius 2 is 1.91 bits per heavy atom. The van der Waals surface area contributed by atoms with Gasteiger partial charge in [0.15, 0.2) is 0 Å². The number of carbonyl (C=O) groups is 3. The third-order valence-electron chi connectivity index (χ3n) is 6.68. The molecule has 0 spiro atoms. The molecule has 0 radical (unpaired) electrons. The molecule has 2 N–H and O–H groups in total. The number of amides is 4. The first-order chi connectivity index (χ1) is 16.8. The Kier molecular flexibility index (Phi) is 5.72. The second kappa shape index (κ2) is 8.86. The number of nitro groups is 1. The fraction of sp³-hybridized carbons (Fsp3) is 0.320. The quantitative estimate of drug-likeness (QED) is 0.470. The van der Waals surface area contributed by atoms with Crippen molar-refractivity contribution in [2.24, 2.45) is 0 Å². The summed E-state index contributed by atoms with van der Waals surface area (Å²) in [6.07, 6.45) is 2.17. The minimum atomic E-state index is -0.852. The van der Waals surface area contributed by atoms with E-state index in [2.05, 4.69) is 10.6 Å². The molecular formula is C25H25N5O5. The van der Waals surface area contributed by atoms with Crippen molar-refractivity contribution in [1.82, 2.24) is 20.4 Å². The Balaban J connectivity index is 1.50. The van der Waals surface area contributed by atoms with Crippen LogP contribution in [0.5, 0.6) is 0 Å². The molecule has 2 aromatic rings. The van der Waals surface area contributed by atoms with Gasteiger partial charge in [-0.1, -0.05) is 42.5 Å². The Hall–Kier alpha value is -4.21. The zero-order valence-corrected chi connectivity index (χ0v) is 19.1. The summed E-state index contributed by atoms with van der Waals surface area (Å²) in [5.41, 5.74) is 2.03. The predicted molar refractivity (Wildman–Crippen MR) is 126 cm³/mol. The van der Waals surface area contributed by atoms with Crippen LogP contribution >= 0.6 is 0 Å². The number of carbonyl (C=O) groups excluding carboxylic acids is 3. The molecule has 1 aliphatic carbocycles. The van der Waals surface area contributed by atoms with Crippen LogP contribution < -0.4 is 10.6 Å². The van der Waals surface area contributed by atoms with Gasteiger partial charge in [0.1, 0.15) is 6.04 Å². The van der Waals surface area contributed by atoms with Gasteiger partial charge in [-0.3, -0.25) is 24.6 Å². The summed E-state index contributed by atoms with van der Waals surface area (Å²) < 4.78 is 0. The van der Waals surface area contributed by atoms with Crippen molar-refractivity contribution in [3.05, 3.63) is 87.1 Å². The Morgan fingerprint density at radius 3 is 2.60 bits per heavy atom. The number of nitrogens with zero attached hydrogens (tertiary/aromatic N) is 3. The predicted octanol–water partition coefficient (Wildman–Crippen LogP) is 2.28. The molecule has 180 valence electrons. The van der Waals surface area contributed by atoms with Crippen LogP contribution in [0.15, 0.2) is 65.9 Å². The molecule has 35 heavy (non-hydrogen) atoms. The minimum absolute atomic E-state index is 0.0963. The Bertz CT molecular complexity index is 1240. The van der Waals surface area contributed by atoms with E-state index < -0.39 is 23.0 Å². The molecule has 2 heterocycles. The lowest BCUT2D eigenvalue weighted by Gasteiger charge is -2.31. The van der Waals surface area contributed by atoms with Crippen molar-refractivity contribution in [2.75, 3.05) is 13.6 Å². The number of non-ortho nitro benzene ring substituents is 1. The lowest BCUT2D eigenvalue weighted by molar-refractivity contribution is -0.384. The average molecular weight is 476 g/mol. The summed E-state index contributed by atoms with van der Waals surface area (Å²) in [7, 11) is 1.57. The molecule has 2 atom stereocenters. The lowest BCUT2D eigenvalue weighted by atomic mass is 9.95. The van der Waals surface area contributed by atoms with Crippen molar-refractivity contribution < 1.29 is 19.3 Å². The molecule has 10 nitrogen and oxygen atoms in total. The second-order valence-corrected chi connectivity index (χ2v) is 9.08. The molecule has 10 heteroatoms. The van der Waals surface area contributed by atoms with Gasteiger partial charge >= 0.3 is 6.03 Å².